The molecule has 1 aromatic rings. The van der Waals surface area contributed by atoms with E-state index in [1.54, 1.807) is 0 Å². The maximum Gasteiger partial charge on any atom is 0.315 e. The van der Waals surface area contributed by atoms with Crippen LogP contribution in [0.5, 0.6) is 5.75 Å². The summed E-state index contributed by atoms with van der Waals surface area (Å²) in [5, 5.41) is 5.58. The van der Waals surface area contributed by atoms with Crippen LogP contribution >= 0.6 is 0 Å². The summed E-state index contributed by atoms with van der Waals surface area (Å²) in [6.07, 6.45) is 1.09. The number of amides is 2. The van der Waals surface area contributed by atoms with Gasteiger partial charge in [0, 0.05) is 13.1 Å². The first-order chi connectivity index (χ1) is 8.61. The molecule has 2 N–H and O–H groups in total. The van der Waals surface area contributed by atoms with E-state index >= 15 is 0 Å². The monoisotopic (exact) mass is 250 g/mol. The van der Waals surface area contributed by atoms with Crippen LogP contribution in [0.4, 0.5) is 4.79 Å². The lowest BCUT2D eigenvalue weighted by Gasteiger charge is -2.11. The molecule has 1 rings (SSSR count). The Hall–Kier alpha value is -1.71. The van der Waals surface area contributed by atoms with Gasteiger partial charge in [-0.25, -0.2) is 4.79 Å². The number of rotatable bonds is 6. The Bertz CT molecular complexity index is 378. The highest BCUT2D eigenvalue weighted by atomic mass is 16.5. The highest BCUT2D eigenvalue weighted by Crippen LogP contribution is 2.14. The van der Waals surface area contributed by atoms with E-state index in [9.17, 15) is 4.79 Å². The Morgan fingerprint density at radius 2 is 2.11 bits per heavy atom. The minimum Gasteiger partial charge on any atom is -0.491 e. The lowest BCUT2D eigenvalue weighted by Crippen LogP contribution is -2.35. The molecular weight excluding hydrogens is 228 g/mol. The average Bonchev–Trinajstić information content (AvgIpc) is 2.33. The molecule has 0 atom stereocenters. The fourth-order valence-corrected chi connectivity index (χ4v) is 1.48. The summed E-state index contributed by atoms with van der Waals surface area (Å²) >= 11 is 0. The normalized spacial score (nSPS) is 10.2. The van der Waals surface area contributed by atoms with Gasteiger partial charge in [0.2, 0.25) is 0 Å². The zero-order chi connectivity index (χ0) is 13.4. The fourth-order valence-electron chi connectivity index (χ4n) is 1.48. The molecule has 0 aliphatic heterocycles. The number of benzene rings is 1. The largest absolute Gasteiger partial charge is 0.491 e. The second-order valence-corrected chi connectivity index (χ2v) is 4.42. The third-order valence-electron chi connectivity index (χ3n) is 2.26. The Morgan fingerprint density at radius 3 is 2.78 bits per heavy atom. The number of carbonyl (C=O) groups excluding carboxylic acids is 1. The van der Waals surface area contributed by atoms with E-state index in [0.717, 1.165) is 17.7 Å². The van der Waals surface area contributed by atoms with Crippen molar-refractivity contribution in [3.8, 4) is 5.75 Å². The van der Waals surface area contributed by atoms with Gasteiger partial charge in [0.15, 0.2) is 0 Å². The minimum absolute atomic E-state index is 0.132. The van der Waals surface area contributed by atoms with Gasteiger partial charge in [-0.1, -0.05) is 19.1 Å². The third-order valence-corrected chi connectivity index (χ3v) is 2.26. The van der Waals surface area contributed by atoms with Crippen molar-refractivity contribution in [2.24, 2.45) is 0 Å². The smallest absolute Gasteiger partial charge is 0.315 e. The molecule has 0 unspecified atom stereocenters. The fraction of sp³-hybridized carbons (Fsp3) is 0.500. The number of hydrogen-bond acceptors (Lipinski definition) is 2. The Kier molecular flexibility index (Phi) is 6.05. The first-order valence-corrected chi connectivity index (χ1v) is 6.39. The van der Waals surface area contributed by atoms with Crippen molar-refractivity contribution < 1.29 is 9.53 Å². The number of hydrogen-bond donors (Lipinski definition) is 2. The van der Waals surface area contributed by atoms with Gasteiger partial charge >= 0.3 is 6.03 Å². The number of urea groups is 1. The summed E-state index contributed by atoms with van der Waals surface area (Å²) in [6.45, 7) is 7.20. The molecular formula is C14H22N2O2. The van der Waals surface area contributed by atoms with Gasteiger partial charge in [-0.3, -0.25) is 0 Å². The molecule has 0 aromatic heterocycles. The van der Waals surface area contributed by atoms with Crippen molar-refractivity contribution in [1.82, 2.24) is 10.6 Å². The second-order valence-electron chi connectivity index (χ2n) is 4.42. The topological polar surface area (TPSA) is 50.4 Å². The lowest BCUT2D eigenvalue weighted by atomic mass is 10.2. The van der Waals surface area contributed by atoms with E-state index in [-0.39, 0.29) is 12.1 Å². The zero-order valence-corrected chi connectivity index (χ0v) is 11.3. The van der Waals surface area contributed by atoms with Crippen LogP contribution < -0.4 is 15.4 Å². The number of nitrogens with one attached hydrogen (secondary N) is 2. The zero-order valence-electron chi connectivity index (χ0n) is 11.3. The standard InChI is InChI=1S/C14H22N2O2/c1-4-8-15-14(17)16-10-12-6-5-7-13(9-12)18-11(2)3/h5-7,9,11H,4,8,10H2,1-3H3,(H2,15,16,17). The van der Waals surface area contributed by atoms with E-state index in [4.69, 9.17) is 4.74 Å². The molecule has 0 spiro atoms. The predicted molar refractivity (Wildman–Crippen MR) is 72.7 cm³/mol. The number of ether oxygens (including phenoxy) is 1. The van der Waals surface area contributed by atoms with Crippen molar-refractivity contribution >= 4 is 6.03 Å². The minimum atomic E-state index is -0.132. The molecule has 4 heteroatoms. The van der Waals surface area contributed by atoms with Crippen LogP contribution in [0, 0.1) is 0 Å². The van der Waals surface area contributed by atoms with Crippen LogP contribution in [0.15, 0.2) is 24.3 Å². The quantitative estimate of drug-likeness (QED) is 0.815. The van der Waals surface area contributed by atoms with Gasteiger partial charge in [0.25, 0.3) is 0 Å². The van der Waals surface area contributed by atoms with Crippen molar-refractivity contribution in [1.29, 1.82) is 0 Å². The maximum absolute atomic E-state index is 11.4. The first kappa shape index (κ1) is 14.4. The van der Waals surface area contributed by atoms with Gasteiger partial charge in [-0.05, 0) is 38.0 Å². The Morgan fingerprint density at radius 1 is 1.33 bits per heavy atom. The molecule has 0 radical (unpaired) electrons. The molecule has 0 bridgehead atoms. The van der Waals surface area contributed by atoms with Gasteiger partial charge in [-0.2, -0.15) is 0 Å². The first-order valence-electron chi connectivity index (χ1n) is 6.39. The van der Waals surface area contributed by atoms with Crippen LogP contribution in [0.1, 0.15) is 32.8 Å². The SMILES string of the molecule is CCCNC(=O)NCc1cccc(OC(C)C)c1. The predicted octanol–water partition coefficient (Wildman–Crippen LogP) is 2.68. The van der Waals surface area contributed by atoms with Crippen molar-refractivity contribution in [2.75, 3.05) is 6.54 Å². The third kappa shape index (κ3) is 5.57. The average molecular weight is 250 g/mol. The summed E-state index contributed by atoms with van der Waals surface area (Å²) in [4.78, 5) is 11.4. The van der Waals surface area contributed by atoms with Crippen LogP contribution in [0.3, 0.4) is 0 Å². The molecule has 1 aromatic carbocycles. The van der Waals surface area contributed by atoms with E-state index in [1.165, 1.54) is 0 Å². The summed E-state index contributed by atoms with van der Waals surface area (Å²) < 4.78 is 5.60. The molecule has 0 aliphatic rings. The van der Waals surface area contributed by atoms with Crippen LogP contribution in [-0.2, 0) is 6.54 Å². The molecule has 100 valence electrons. The van der Waals surface area contributed by atoms with Gasteiger partial charge in [0.1, 0.15) is 5.75 Å². The van der Waals surface area contributed by atoms with E-state index in [1.807, 2.05) is 45.0 Å². The van der Waals surface area contributed by atoms with Crippen LogP contribution in [0.25, 0.3) is 0 Å². The summed E-state index contributed by atoms with van der Waals surface area (Å²) in [7, 11) is 0. The maximum atomic E-state index is 11.4. The van der Waals surface area contributed by atoms with Crippen molar-refractivity contribution in [3.05, 3.63) is 29.8 Å². The lowest BCUT2D eigenvalue weighted by molar-refractivity contribution is 0.239. The molecule has 4 nitrogen and oxygen atoms in total. The molecule has 18 heavy (non-hydrogen) atoms. The molecule has 0 heterocycles. The highest BCUT2D eigenvalue weighted by Gasteiger charge is 2.01. The number of carbonyl (C=O) groups is 1. The Balaban J connectivity index is 2.44. The van der Waals surface area contributed by atoms with Crippen LogP contribution in [0.2, 0.25) is 0 Å². The molecule has 0 aliphatic carbocycles. The second kappa shape index (κ2) is 7.58. The van der Waals surface area contributed by atoms with Gasteiger partial charge in [0.05, 0.1) is 6.10 Å². The molecule has 2 amide bonds. The highest BCUT2D eigenvalue weighted by molar-refractivity contribution is 5.73. The van der Waals surface area contributed by atoms with Crippen molar-refractivity contribution in [3.63, 3.8) is 0 Å². The summed E-state index contributed by atoms with van der Waals surface area (Å²) in [5.41, 5.74) is 1.03. The van der Waals surface area contributed by atoms with Gasteiger partial charge in [-0.15, -0.1) is 0 Å². The summed E-state index contributed by atoms with van der Waals surface area (Å²) in [6, 6.07) is 7.62. The van der Waals surface area contributed by atoms with Crippen molar-refractivity contribution in [2.45, 2.75) is 39.8 Å². The molecule has 0 saturated carbocycles. The van der Waals surface area contributed by atoms with Gasteiger partial charge < -0.3 is 15.4 Å². The van der Waals surface area contributed by atoms with Crippen LogP contribution in [-0.4, -0.2) is 18.7 Å². The molecule has 0 fully saturated rings. The Labute approximate surface area is 109 Å². The van der Waals surface area contributed by atoms with E-state index < -0.39 is 0 Å². The van der Waals surface area contributed by atoms with E-state index in [0.29, 0.717) is 13.1 Å². The van der Waals surface area contributed by atoms with E-state index in [2.05, 4.69) is 10.6 Å². The summed E-state index contributed by atoms with van der Waals surface area (Å²) in [5.74, 6) is 0.832. The molecule has 0 saturated heterocycles.